The van der Waals surface area contributed by atoms with Crippen LogP contribution in [0, 0.1) is 16.2 Å². The number of nitrogens with one attached hydrogen (secondary N) is 1. The monoisotopic (exact) mass is 251 g/mol. The SMILES string of the molecule is CC(C)NC(=O)[C@]12CC[C@@](C)(C(=O)C1=O)C2(C)C. The Hall–Kier alpha value is -1.19. The Balaban J connectivity index is 2.53. The van der Waals surface area contributed by atoms with Gasteiger partial charge in [0.15, 0.2) is 0 Å². The van der Waals surface area contributed by atoms with Crippen molar-refractivity contribution in [3.63, 3.8) is 0 Å². The maximum atomic E-state index is 12.5. The zero-order valence-electron chi connectivity index (χ0n) is 11.7. The minimum absolute atomic E-state index is 0.0296. The molecule has 0 unspecified atom stereocenters. The number of hydrogen-bond acceptors (Lipinski definition) is 3. The molecule has 2 rings (SSSR count). The average molecular weight is 251 g/mol. The van der Waals surface area contributed by atoms with E-state index in [1.807, 2.05) is 34.6 Å². The normalized spacial score (nSPS) is 37.4. The van der Waals surface area contributed by atoms with E-state index >= 15 is 0 Å². The van der Waals surface area contributed by atoms with Crippen LogP contribution in [0.15, 0.2) is 0 Å². The number of amides is 1. The second-order valence-corrected chi connectivity index (χ2v) is 6.65. The summed E-state index contributed by atoms with van der Waals surface area (Å²) >= 11 is 0. The van der Waals surface area contributed by atoms with Gasteiger partial charge in [-0.25, -0.2) is 0 Å². The third-order valence-electron chi connectivity index (χ3n) is 5.35. The van der Waals surface area contributed by atoms with Gasteiger partial charge in [0, 0.05) is 11.5 Å². The number of rotatable bonds is 2. The molecular formula is C14H21NO3. The maximum Gasteiger partial charge on any atom is 0.234 e. The zero-order chi connectivity index (χ0) is 13.9. The summed E-state index contributed by atoms with van der Waals surface area (Å²) in [5.74, 6) is -1.13. The molecule has 0 heterocycles. The standard InChI is InChI=1S/C14H21NO3/c1-8(2)15-11(18)14-7-6-13(5,12(14,3)4)9(16)10(14)17/h8H,6-7H2,1-5H3,(H,15,18)/t13-,14-/m0/s1. The molecule has 1 amide bonds. The van der Waals surface area contributed by atoms with Crippen molar-refractivity contribution in [3.8, 4) is 0 Å². The minimum Gasteiger partial charge on any atom is -0.353 e. The topological polar surface area (TPSA) is 63.2 Å². The van der Waals surface area contributed by atoms with Crippen molar-refractivity contribution in [2.75, 3.05) is 0 Å². The van der Waals surface area contributed by atoms with Gasteiger partial charge in [-0.15, -0.1) is 0 Å². The molecule has 0 aromatic rings. The predicted molar refractivity (Wildman–Crippen MR) is 66.8 cm³/mol. The Labute approximate surface area is 108 Å². The average Bonchev–Trinajstić information content (AvgIpc) is 2.51. The molecule has 100 valence electrons. The van der Waals surface area contributed by atoms with Crippen LogP contribution in [-0.2, 0) is 14.4 Å². The molecule has 4 nitrogen and oxygen atoms in total. The van der Waals surface area contributed by atoms with Gasteiger partial charge in [0.1, 0.15) is 5.41 Å². The summed E-state index contributed by atoms with van der Waals surface area (Å²) in [6.07, 6.45) is 1.11. The van der Waals surface area contributed by atoms with Crippen LogP contribution < -0.4 is 5.32 Å². The molecule has 4 heteroatoms. The van der Waals surface area contributed by atoms with Gasteiger partial charge in [-0.1, -0.05) is 20.8 Å². The molecular weight excluding hydrogens is 230 g/mol. The number of ketones is 2. The van der Waals surface area contributed by atoms with E-state index < -0.39 is 22.0 Å². The van der Waals surface area contributed by atoms with Crippen LogP contribution in [0.4, 0.5) is 0 Å². The lowest BCUT2D eigenvalue weighted by atomic mass is 9.64. The lowest BCUT2D eigenvalue weighted by molar-refractivity contribution is -0.149. The van der Waals surface area contributed by atoms with Gasteiger partial charge in [-0.3, -0.25) is 14.4 Å². The molecule has 2 atom stereocenters. The largest absolute Gasteiger partial charge is 0.353 e. The van der Waals surface area contributed by atoms with Crippen LogP contribution in [0.5, 0.6) is 0 Å². The number of Topliss-reactive ketones (excluding diaryl/α,β-unsaturated/α-hetero) is 2. The molecule has 2 bridgehead atoms. The van der Waals surface area contributed by atoms with E-state index in [0.29, 0.717) is 12.8 Å². The summed E-state index contributed by atoms with van der Waals surface area (Å²) in [5.41, 5.74) is -2.44. The molecule has 2 fully saturated rings. The summed E-state index contributed by atoms with van der Waals surface area (Å²) in [6.45, 7) is 9.30. The highest BCUT2D eigenvalue weighted by atomic mass is 16.2. The highest BCUT2D eigenvalue weighted by Gasteiger charge is 2.77. The lowest BCUT2D eigenvalue weighted by Gasteiger charge is -2.37. The summed E-state index contributed by atoms with van der Waals surface area (Å²) in [4.78, 5) is 37.0. The van der Waals surface area contributed by atoms with Crippen molar-refractivity contribution < 1.29 is 14.4 Å². The fourth-order valence-corrected chi connectivity index (χ4v) is 3.66. The molecule has 18 heavy (non-hydrogen) atoms. The summed E-state index contributed by atoms with van der Waals surface area (Å²) < 4.78 is 0. The van der Waals surface area contributed by atoms with Gasteiger partial charge in [0.25, 0.3) is 0 Å². The van der Waals surface area contributed by atoms with E-state index in [-0.39, 0.29) is 17.7 Å². The Morgan fingerprint density at radius 3 is 2.06 bits per heavy atom. The van der Waals surface area contributed by atoms with Crippen LogP contribution in [0.2, 0.25) is 0 Å². The predicted octanol–water partition coefficient (Wildman–Crippen LogP) is 1.48. The first kappa shape index (κ1) is 13.2. The van der Waals surface area contributed by atoms with Crippen LogP contribution in [-0.4, -0.2) is 23.5 Å². The van der Waals surface area contributed by atoms with Crippen LogP contribution in [0.1, 0.15) is 47.5 Å². The van der Waals surface area contributed by atoms with Crippen molar-refractivity contribution in [1.29, 1.82) is 0 Å². The van der Waals surface area contributed by atoms with Gasteiger partial charge in [0.2, 0.25) is 17.5 Å². The van der Waals surface area contributed by atoms with Crippen molar-refractivity contribution in [3.05, 3.63) is 0 Å². The Kier molecular flexibility index (Phi) is 2.52. The molecule has 0 radical (unpaired) electrons. The summed E-state index contributed by atoms with van der Waals surface area (Å²) in [5, 5.41) is 2.81. The Morgan fingerprint density at radius 1 is 1.11 bits per heavy atom. The van der Waals surface area contributed by atoms with Crippen molar-refractivity contribution in [1.82, 2.24) is 5.32 Å². The number of hydrogen-bond donors (Lipinski definition) is 1. The van der Waals surface area contributed by atoms with Gasteiger partial charge in [0.05, 0.1) is 0 Å². The first-order valence-electron chi connectivity index (χ1n) is 6.51. The maximum absolute atomic E-state index is 12.5. The van der Waals surface area contributed by atoms with Crippen molar-refractivity contribution in [2.24, 2.45) is 16.2 Å². The van der Waals surface area contributed by atoms with E-state index in [0.717, 1.165) is 0 Å². The van der Waals surface area contributed by atoms with E-state index in [4.69, 9.17) is 0 Å². The highest BCUT2D eigenvalue weighted by molar-refractivity contribution is 6.48. The third-order valence-corrected chi connectivity index (χ3v) is 5.35. The van der Waals surface area contributed by atoms with Crippen molar-refractivity contribution >= 4 is 17.5 Å². The fourth-order valence-electron chi connectivity index (χ4n) is 3.66. The smallest absolute Gasteiger partial charge is 0.234 e. The third kappa shape index (κ3) is 1.14. The first-order valence-corrected chi connectivity index (χ1v) is 6.51. The molecule has 0 saturated heterocycles. The Bertz CT molecular complexity index is 452. The number of fused-ring (bicyclic) bond motifs is 2. The second-order valence-electron chi connectivity index (χ2n) is 6.65. The molecule has 0 aromatic carbocycles. The molecule has 2 saturated carbocycles. The van der Waals surface area contributed by atoms with Gasteiger partial charge >= 0.3 is 0 Å². The first-order chi connectivity index (χ1) is 8.11. The summed E-state index contributed by atoms with van der Waals surface area (Å²) in [6, 6.07) is -0.0296. The van der Waals surface area contributed by atoms with E-state index in [2.05, 4.69) is 5.32 Å². The van der Waals surface area contributed by atoms with E-state index in [9.17, 15) is 14.4 Å². The highest BCUT2D eigenvalue weighted by Crippen LogP contribution is 2.68. The van der Waals surface area contributed by atoms with Crippen LogP contribution in [0.3, 0.4) is 0 Å². The summed E-state index contributed by atoms with van der Waals surface area (Å²) in [7, 11) is 0. The molecule has 2 aliphatic rings. The van der Waals surface area contributed by atoms with Gasteiger partial charge in [-0.2, -0.15) is 0 Å². The Morgan fingerprint density at radius 2 is 1.67 bits per heavy atom. The quantitative estimate of drug-likeness (QED) is 0.597. The lowest BCUT2D eigenvalue weighted by Crippen LogP contribution is -2.52. The van der Waals surface area contributed by atoms with Gasteiger partial charge < -0.3 is 5.32 Å². The van der Waals surface area contributed by atoms with Crippen LogP contribution >= 0.6 is 0 Å². The number of carbonyl (C=O) groups excluding carboxylic acids is 3. The minimum atomic E-state index is -1.15. The fraction of sp³-hybridized carbons (Fsp3) is 0.786. The molecule has 0 aliphatic heterocycles. The zero-order valence-corrected chi connectivity index (χ0v) is 11.7. The molecule has 0 spiro atoms. The molecule has 1 N–H and O–H groups in total. The van der Waals surface area contributed by atoms with E-state index in [1.54, 1.807) is 0 Å². The molecule has 0 aromatic heterocycles. The number of carbonyl (C=O) groups is 3. The van der Waals surface area contributed by atoms with Crippen molar-refractivity contribution in [2.45, 2.75) is 53.5 Å². The van der Waals surface area contributed by atoms with Crippen LogP contribution in [0.25, 0.3) is 0 Å². The van der Waals surface area contributed by atoms with E-state index in [1.165, 1.54) is 0 Å². The molecule has 2 aliphatic carbocycles. The second kappa shape index (κ2) is 3.43. The van der Waals surface area contributed by atoms with Gasteiger partial charge in [-0.05, 0) is 32.1 Å².